The van der Waals surface area contributed by atoms with Gasteiger partial charge in [-0.05, 0) is 56.7 Å². The van der Waals surface area contributed by atoms with Crippen molar-refractivity contribution in [1.82, 2.24) is 15.0 Å². The minimum Gasteiger partial charge on any atom is -0.493 e. The molecule has 0 spiro atoms. The molecule has 162 valence electrons. The van der Waals surface area contributed by atoms with Crippen molar-refractivity contribution in [3.8, 4) is 5.75 Å². The molecule has 2 atom stereocenters. The standard InChI is InChI=1S/C23H26N4O3S/c1-4-30-18-8-6-5-7-16(18)12-25-26-21(28)15(3)27-13-24-22-20(23(27)29)17-10-9-14(2)11-19(17)31-22/h5-8,12-15H,4,9-11H2,1-3H3,(H,26,28). The average Bonchev–Trinajstić information content (AvgIpc) is 3.13. The normalized spacial score (nSPS) is 16.9. The third-order valence-corrected chi connectivity index (χ3v) is 6.80. The van der Waals surface area contributed by atoms with Crippen molar-refractivity contribution in [2.45, 2.75) is 46.1 Å². The molecule has 0 saturated heterocycles. The second kappa shape index (κ2) is 9.01. The minimum absolute atomic E-state index is 0.162. The molecule has 0 aliphatic heterocycles. The van der Waals surface area contributed by atoms with Gasteiger partial charge >= 0.3 is 0 Å². The second-order valence-electron chi connectivity index (χ2n) is 7.87. The lowest BCUT2D eigenvalue weighted by Gasteiger charge is -2.18. The summed E-state index contributed by atoms with van der Waals surface area (Å²) in [6.07, 6.45) is 5.96. The van der Waals surface area contributed by atoms with E-state index in [1.54, 1.807) is 18.3 Å². The fourth-order valence-electron chi connectivity index (χ4n) is 3.88. The summed E-state index contributed by atoms with van der Waals surface area (Å²) < 4.78 is 6.95. The highest BCUT2D eigenvalue weighted by atomic mass is 32.1. The zero-order valence-electron chi connectivity index (χ0n) is 17.9. The largest absolute Gasteiger partial charge is 0.493 e. The number of aromatic nitrogens is 2. The highest BCUT2D eigenvalue weighted by Crippen LogP contribution is 2.35. The van der Waals surface area contributed by atoms with Gasteiger partial charge in [-0.25, -0.2) is 10.4 Å². The molecule has 3 aromatic rings. The molecule has 1 aliphatic carbocycles. The van der Waals surface area contributed by atoms with Gasteiger partial charge in [0, 0.05) is 10.4 Å². The predicted molar refractivity (Wildman–Crippen MR) is 123 cm³/mol. The Bertz CT molecular complexity index is 1200. The number of rotatable bonds is 6. The Morgan fingerprint density at radius 1 is 1.45 bits per heavy atom. The summed E-state index contributed by atoms with van der Waals surface area (Å²) in [4.78, 5) is 32.4. The Balaban J connectivity index is 1.54. The maximum atomic E-state index is 13.2. The van der Waals surface area contributed by atoms with E-state index < -0.39 is 6.04 Å². The van der Waals surface area contributed by atoms with Gasteiger partial charge < -0.3 is 4.74 Å². The minimum atomic E-state index is -0.734. The van der Waals surface area contributed by atoms with Crippen molar-refractivity contribution in [2.75, 3.05) is 6.61 Å². The molecule has 0 fully saturated rings. The number of aryl methyl sites for hydroxylation is 1. The Kier molecular flexibility index (Phi) is 6.18. The Hall–Kier alpha value is -3.00. The maximum absolute atomic E-state index is 13.2. The third kappa shape index (κ3) is 4.25. The SMILES string of the molecule is CCOc1ccccc1C=NNC(=O)C(C)n1cnc2sc3c(c2c1=O)CCC(C)C3. The first kappa shape index (κ1) is 21.2. The number of hydrogen-bond acceptors (Lipinski definition) is 6. The van der Waals surface area contributed by atoms with Crippen molar-refractivity contribution in [2.24, 2.45) is 11.0 Å². The number of fused-ring (bicyclic) bond motifs is 3. The Labute approximate surface area is 184 Å². The van der Waals surface area contributed by atoms with Gasteiger partial charge in [0.25, 0.3) is 11.5 Å². The molecule has 7 nitrogen and oxygen atoms in total. The van der Waals surface area contributed by atoms with Gasteiger partial charge in [0.1, 0.15) is 16.6 Å². The molecule has 1 aliphatic rings. The van der Waals surface area contributed by atoms with Crippen LogP contribution in [0.15, 0.2) is 40.5 Å². The van der Waals surface area contributed by atoms with E-state index >= 15 is 0 Å². The Morgan fingerprint density at radius 2 is 2.26 bits per heavy atom. The summed E-state index contributed by atoms with van der Waals surface area (Å²) >= 11 is 1.60. The third-order valence-electron chi connectivity index (χ3n) is 5.63. The predicted octanol–water partition coefficient (Wildman–Crippen LogP) is 3.69. The number of nitrogens with one attached hydrogen (secondary N) is 1. The number of benzene rings is 1. The molecule has 1 N–H and O–H groups in total. The summed E-state index contributed by atoms with van der Waals surface area (Å²) in [5, 5.41) is 4.72. The number of ether oxygens (including phenoxy) is 1. The molecule has 1 amide bonds. The average molecular weight is 439 g/mol. The molecule has 4 rings (SSSR count). The van der Waals surface area contributed by atoms with Crippen LogP contribution in [0.3, 0.4) is 0 Å². The number of thiophene rings is 1. The molecule has 2 heterocycles. The molecule has 2 unspecified atom stereocenters. The lowest BCUT2D eigenvalue weighted by atomic mass is 9.89. The summed E-state index contributed by atoms with van der Waals surface area (Å²) in [6.45, 7) is 6.36. The smallest absolute Gasteiger partial charge is 0.263 e. The lowest BCUT2D eigenvalue weighted by molar-refractivity contribution is -0.123. The molecule has 8 heteroatoms. The quantitative estimate of drug-likeness (QED) is 0.470. The summed E-state index contributed by atoms with van der Waals surface area (Å²) in [7, 11) is 0. The number of nitrogens with zero attached hydrogens (tertiary/aromatic N) is 3. The Morgan fingerprint density at radius 3 is 3.06 bits per heavy atom. The van der Waals surface area contributed by atoms with Crippen LogP contribution in [0.1, 0.15) is 49.2 Å². The van der Waals surface area contributed by atoms with Crippen LogP contribution in [0.4, 0.5) is 0 Å². The van der Waals surface area contributed by atoms with Gasteiger partial charge in [-0.3, -0.25) is 14.2 Å². The van der Waals surface area contributed by atoms with Crippen LogP contribution in [0.25, 0.3) is 10.2 Å². The first-order valence-corrected chi connectivity index (χ1v) is 11.4. The molecule has 2 aromatic heterocycles. The van der Waals surface area contributed by atoms with Gasteiger partial charge in [-0.2, -0.15) is 5.10 Å². The topological polar surface area (TPSA) is 85.6 Å². The van der Waals surface area contributed by atoms with Crippen LogP contribution < -0.4 is 15.7 Å². The number of carbonyl (C=O) groups excluding carboxylic acids is 1. The van der Waals surface area contributed by atoms with Crippen LogP contribution in [0, 0.1) is 5.92 Å². The van der Waals surface area contributed by atoms with Gasteiger partial charge in [-0.1, -0.05) is 19.1 Å². The van der Waals surface area contributed by atoms with E-state index in [0.717, 1.165) is 35.2 Å². The molecule has 31 heavy (non-hydrogen) atoms. The fourth-order valence-corrected chi connectivity index (χ4v) is 5.22. The number of amides is 1. The van der Waals surface area contributed by atoms with E-state index in [9.17, 15) is 9.59 Å². The van der Waals surface area contributed by atoms with E-state index in [-0.39, 0.29) is 11.5 Å². The number of para-hydroxylation sites is 1. The van der Waals surface area contributed by atoms with E-state index in [0.29, 0.717) is 23.7 Å². The monoisotopic (exact) mass is 438 g/mol. The molecule has 0 bridgehead atoms. The summed E-state index contributed by atoms with van der Waals surface area (Å²) in [5.41, 5.74) is 4.24. The molecule has 0 saturated carbocycles. The van der Waals surface area contributed by atoms with Crippen molar-refractivity contribution in [3.05, 3.63) is 57.0 Å². The zero-order valence-corrected chi connectivity index (χ0v) is 18.7. The molecule has 1 aromatic carbocycles. The van der Waals surface area contributed by atoms with Crippen LogP contribution in [0.2, 0.25) is 0 Å². The van der Waals surface area contributed by atoms with E-state index in [1.165, 1.54) is 22.0 Å². The van der Waals surface area contributed by atoms with E-state index in [1.807, 2.05) is 31.2 Å². The number of hydrogen-bond donors (Lipinski definition) is 1. The highest BCUT2D eigenvalue weighted by Gasteiger charge is 2.25. The zero-order chi connectivity index (χ0) is 22.0. The van der Waals surface area contributed by atoms with Crippen molar-refractivity contribution < 1.29 is 9.53 Å². The van der Waals surface area contributed by atoms with Crippen molar-refractivity contribution >= 4 is 33.7 Å². The first-order chi connectivity index (χ1) is 15.0. The number of carbonyl (C=O) groups is 1. The molecule has 0 radical (unpaired) electrons. The summed E-state index contributed by atoms with van der Waals surface area (Å²) in [5.74, 6) is 0.933. The van der Waals surface area contributed by atoms with Crippen molar-refractivity contribution in [1.29, 1.82) is 0 Å². The van der Waals surface area contributed by atoms with Gasteiger partial charge in [0.05, 0.1) is 24.5 Å². The van der Waals surface area contributed by atoms with Crippen molar-refractivity contribution in [3.63, 3.8) is 0 Å². The summed E-state index contributed by atoms with van der Waals surface area (Å²) in [6, 6.07) is 6.71. The highest BCUT2D eigenvalue weighted by molar-refractivity contribution is 7.18. The first-order valence-electron chi connectivity index (χ1n) is 10.6. The van der Waals surface area contributed by atoms with E-state index in [4.69, 9.17) is 4.74 Å². The fraction of sp³-hybridized carbons (Fsp3) is 0.391. The van der Waals surface area contributed by atoms with Crippen LogP contribution >= 0.6 is 11.3 Å². The van der Waals surface area contributed by atoms with Crippen LogP contribution in [-0.4, -0.2) is 28.3 Å². The van der Waals surface area contributed by atoms with Gasteiger partial charge in [0.15, 0.2) is 0 Å². The number of hydrazone groups is 1. The second-order valence-corrected chi connectivity index (χ2v) is 8.95. The van der Waals surface area contributed by atoms with E-state index in [2.05, 4.69) is 22.4 Å². The van der Waals surface area contributed by atoms with Crippen LogP contribution in [-0.2, 0) is 17.6 Å². The molecular formula is C23H26N4O3S. The van der Waals surface area contributed by atoms with Crippen LogP contribution in [0.5, 0.6) is 5.75 Å². The maximum Gasteiger partial charge on any atom is 0.263 e. The lowest BCUT2D eigenvalue weighted by Crippen LogP contribution is -2.34. The van der Waals surface area contributed by atoms with Gasteiger partial charge in [0.2, 0.25) is 0 Å². The van der Waals surface area contributed by atoms with Gasteiger partial charge in [-0.15, -0.1) is 11.3 Å². The molecular weight excluding hydrogens is 412 g/mol.